The summed E-state index contributed by atoms with van der Waals surface area (Å²) >= 11 is 12.4. The molecule has 1 heterocycles. The molecule has 1 atom stereocenters. The van der Waals surface area contributed by atoms with E-state index in [1.54, 1.807) is 30.5 Å². The van der Waals surface area contributed by atoms with E-state index < -0.39 is 18.0 Å². The standard InChI is InChI=1S/C25H22Cl2F3N3O/c1-15(2)34-23-10-8-20(12-21(23)27)31-24-32-22-9-5-18(25(28,29)30)11-17(22)14-33(24)13-16-3-6-19(26)7-4-16/h3-12,14-15,24,31H,13H2,1-2H3. The quantitative estimate of drug-likeness (QED) is 0.440. The second kappa shape index (κ2) is 9.76. The molecule has 0 aromatic heterocycles. The Morgan fingerprint density at radius 2 is 1.76 bits per heavy atom. The zero-order valence-electron chi connectivity index (χ0n) is 18.4. The Hall–Kier alpha value is -2.90. The highest BCUT2D eigenvalue weighted by atomic mass is 35.5. The van der Waals surface area contributed by atoms with Crippen LogP contribution in [0.4, 0.5) is 18.9 Å². The molecule has 9 heteroatoms. The largest absolute Gasteiger partial charge is 0.489 e. The maximum atomic E-state index is 13.2. The van der Waals surface area contributed by atoms with Crippen molar-refractivity contribution in [3.05, 3.63) is 92.4 Å². The first-order valence-corrected chi connectivity index (χ1v) is 11.3. The highest BCUT2D eigenvalue weighted by Gasteiger charge is 2.30. The van der Waals surface area contributed by atoms with Gasteiger partial charge in [-0.2, -0.15) is 13.2 Å². The Kier molecular flexibility index (Phi) is 6.96. The molecule has 4 nitrogen and oxygen atoms in total. The summed E-state index contributed by atoms with van der Waals surface area (Å²) in [5.74, 6) is 0.567. The van der Waals surface area contributed by atoms with Crippen molar-refractivity contribution in [2.24, 2.45) is 4.99 Å². The van der Waals surface area contributed by atoms with Crippen LogP contribution in [-0.2, 0) is 12.7 Å². The molecule has 0 saturated heterocycles. The minimum absolute atomic E-state index is 0.0211. The lowest BCUT2D eigenvalue weighted by Gasteiger charge is -2.31. The van der Waals surface area contributed by atoms with Crippen molar-refractivity contribution in [3.63, 3.8) is 0 Å². The van der Waals surface area contributed by atoms with E-state index in [4.69, 9.17) is 27.9 Å². The van der Waals surface area contributed by atoms with E-state index in [1.807, 2.05) is 36.9 Å². The van der Waals surface area contributed by atoms with Crippen LogP contribution in [0, 0.1) is 0 Å². The SMILES string of the molecule is CC(C)Oc1ccc(NC2N=c3ccc(C(F)(F)F)cc3=CN2Cc2ccc(Cl)cc2)cc1Cl. The zero-order chi connectivity index (χ0) is 24.5. The van der Waals surface area contributed by atoms with Crippen LogP contribution in [-0.4, -0.2) is 17.3 Å². The number of hydrogen-bond donors (Lipinski definition) is 1. The predicted molar refractivity (Wildman–Crippen MR) is 128 cm³/mol. The normalized spacial score (nSPS) is 15.4. The van der Waals surface area contributed by atoms with E-state index in [0.29, 0.717) is 38.6 Å². The summed E-state index contributed by atoms with van der Waals surface area (Å²) in [4.78, 5) is 6.51. The van der Waals surface area contributed by atoms with E-state index >= 15 is 0 Å². The summed E-state index contributed by atoms with van der Waals surface area (Å²) in [6.45, 7) is 4.22. The summed E-state index contributed by atoms with van der Waals surface area (Å²) in [5.41, 5.74) is 0.902. The smallest absolute Gasteiger partial charge is 0.416 e. The van der Waals surface area contributed by atoms with Gasteiger partial charge in [0.25, 0.3) is 0 Å². The molecule has 1 aliphatic rings. The molecule has 1 unspecified atom stereocenters. The number of nitrogens with one attached hydrogen (secondary N) is 1. The van der Waals surface area contributed by atoms with Crippen molar-refractivity contribution in [1.29, 1.82) is 0 Å². The van der Waals surface area contributed by atoms with Gasteiger partial charge in [0.2, 0.25) is 0 Å². The third kappa shape index (κ3) is 5.77. The van der Waals surface area contributed by atoms with Crippen molar-refractivity contribution >= 4 is 35.1 Å². The van der Waals surface area contributed by atoms with Gasteiger partial charge >= 0.3 is 6.18 Å². The topological polar surface area (TPSA) is 36.9 Å². The van der Waals surface area contributed by atoms with Crippen LogP contribution in [0.25, 0.3) is 6.20 Å². The lowest BCUT2D eigenvalue weighted by Crippen LogP contribution is -2.45. The lowest BCUT2D eigenvalue weighted by atomic mass is 10.1. The van der Waals surface area contributed by atoms with Gasteiger partial charge in [0, 0.05) is 28.7 Å². The number of benzene rings is 3. The summed E-state index contributed by atoms with van der Waals surface area (Å²) in [7, 11) is 0. The van der Waals surface area contributed by atoms with Gasteiger partial charge in [-0.05, 0) is 67.9 Å². The molecule has 3 aromatic carbocycles. The second-order valence-corrected chi connectivity index (χ2v) is 9.00. The number of anilines is 1. The number of alkyl halides is 3. The van der Waals surface area contributed by atoms with E-state index in [2.05, 4.69) is 10.3 Å². The molecule has 0 aliphatic carbocycles. The number of nitrogens with zero attached hydrogens (tertiary/aromatic N) is 2. The minimum Gasteiger partial charge on any atom is -0.489 e. The summed E-state index contributed by atoms with van der Waals surface area (Å²) in [6, 6.07) is 16.1. The number of ether oxygens (including phenoxy) is 1. The Balaban J connectivity index is 1.69. The van der Waals surface area contributed by atoms with Crippen molar-refractivity contribution in [2.75, 3.05) is 5.32 Å². The molecule has 1 N–H and O–H groups in total. The van der Waals surface area contributed by atoms with Crippen LogP contribution in [0.3, 0.4) is 0 Å². The van der Waals surface area contributed by atoms with Crippen LogP contribution in [0.5, 0.6) is 5.75 Å². The van der Waals surface area contributed by atoms with Crippen molar-refractivity contribution < 1.29 is 17.9 Å². The summed E-state index contributed by atoms with van der Waals surface area (Å²) in [6.07, 6.45) is -3.35. The maximum absolute atomic E-state index is 13.2. The molecule has 0 fully saturated rings. The first-order valence-electron chi connectivity index (χ1n) is 10.6. The summed E-state index contributed by atoms with van der Waals surface area (Å²) < 4.78 is 45.4. The molecular formula is C25H22Cl2F3N3O. The van der Waals surface area contributed by atoms with Crippen LogP contribution in [0.15, 0.2) is 65.7 Å². The fourth-order valence-electron chi connectivity index (χ4n) is 3.54. The highest BCUT2D eigenvalue weighted by molar-refractivity contribution is 6.32. The third-order valence-electron chi connectivity index (χ3n) is 5.10. The average Bonchev–Trinajstić information content (AvgIpc) is 2.76. The second-order valence-electron chi connectivity index (χ2n) is 8.16. The number of hydrogen-bond acceptors (Lipinski definition) is 4. The fraction of sp³-hybridized carbons (Fsp3) is 0.240. The van der Waals surface area contributed by atoms with Gasteiger partial charge in [-0.1, -0.05) is 35.3 Å². The van der Waals surface area contributed by atoms with Crippen LogP contribution in [0.2, 0.25) is 10.0 Å². The molecule has 178 valence electrons. The van der Waals surface area contributed by atoms with Crippen molar-refractivity contribution in [2.45, 2.75) is 39.0 Å². The Morgan fingerprint density at radius 1 is 1.03 bits per heavy atom. The van der Waals surface area contributed by atoms with Gasteiger partial charge in [0.05, 0.1) is 22.0 Å². The van der Waals surface area contributed by atoms with E-state index in [9.17, 15) is 13.2 Å². The Labute approximate surface area is 205 Å². The molecule has 3 aromatic rings. The van der Waals surface area contributed by atoms with Crippen LogP contribution in [0.1, 0.15) is 25.0 Å². The molecule has 4 rings (SSSR count). The van der Waals surface area contributed by atoms with Gasteiger partial charge < -0.3 is 15.0 Å². The average molecular weight is 508 g/mol. The van der Waals surface area contributed by atoms with E-state index in [1.165, 1.54) is 6.07 Å². The Bertz CT molecular complexity index is 1290. The van der Waals surface area contributed by atoms with Gasteiger partial charge in [-0.25, -0.2) is 4.99 Å². The third-order valence-corrected chi connectivity index (χ3v) is 5.65. The van der Waals surface area contributed by atoms with Gasteiger partial charge in [-0.15, -0.1) is 0 Å². The lowest BCUT2D eigenvalue weighted by molar-refractivity contribution is -0.137. The first-order chi connectivity index (χ1) is 16.1. The molecular weight excluding hydrogens is 486 g/mol. The number of fused-ring (bicyclic) bond motifs is 1. The summed E-state index contributed by atoms with van der Waals surface area (Å²) in [5, 5.41) is 5.20. The fourth-order valence-corrected chi connectivity index (χ4v) is 3.90. The molecule has 0 radical (unpaired) electrons. The van der Waals surface area contributed by atoms with E-state index in [-0.39, 0.29) is 6.10 Å². The van der Waals surface area contributed by atoms with E-state index in [0.717, 1.165) is 17.7 Å². The van der Waals surface area contributed by atoms with Crippen molar-refractivity contribution in [3.8, 4) is 5.75 Å². The van der Waals surface area contributed by atoms with Gasteiger partial charge in [-0.3, -0.25) is 0 Å². The molecule has 0 spiro atoms. The molecule has 0 saturated carbocycles. The zero-order valence-corrected chi connectivity index (χ0v) is 19.9. The molecule has 0 amide bonds. The molecule has 1 aliphatic heterocycles. The molecule has 0 bridgehead atoms. The number of rotatable bonds is 6. The van der Waals surface area contributed by atoms with Crippen LogP contribution >= 0.6 is 23.2 Å². The maximum Gasteiger partial charge on any atom is 0.416 e. The first kappa shape index (κ1) is 24.2. The highest BCUT2D eigenvalue weighted by Crippen LogP contribution is 2.30. The van der Waals surface area contributed by atoms with Crippen molar-refractivity contribution in [1.82, 2.24) is 4.90 Å². The van der Waals surface area contributed by atoms with Crippen LogP contribution < -0.4 is 20.6 Å². The number of halogens is 5. The van der Waals surface area contributed by atoms with Gasteiger partial charge in [0.15, 0.2) is 6.29 Å². The van der Waals surface area contributed by atoms with Gasteiger partial charge in [0.1, 0.15) is 5.75 Å². The predicted octanol–water partition coefficient (Wildman–Crippen LogP) is 6.07. The minimum atomic E-state index is -4.43. The molecule has 34 heavy (non-hydrogen) atoms. The Morgan fingerprint density at radius 3 is 2.41 bits per heavy atom. The monoisotopic (exact) mass is 507 g/mol.